The van der Waals surface area contributed by atoms with Crippen LogP contribution in [0.4, 0.5) is 0 Å². The Hall–Kier alpha value is -0.580. The van der Waals surface area contributed by atoms with Crippen molar-refractivity contribution < 1.29 is 9.47 Å². The molecule has 0 spiro atoms. The van der Waals surface area contributed by atoms with Gasteiger partial charge in [-0.05, 0) is 36.5 Å². The molecule has 20 heavy (non-hydrogen) atoms. The summed E-state index contributed by atoms with van der Waals surface area (Å²) in [6.45, 7) is 7.93. The lowest BCUT2D eigenvalue weighted by molar-refractivity contribution is 0.176. The van der Waals surface area contributed by atoms with E-state index in [0.29, 0.717) is 0 Å². The van der Waals surface area contributed by atoms with E-state index in [2.05, 4.69) is 35.1 Å². The van der Waals surface area contributed by atoms with Crippen molar-refractivity contribution in [3.63, 3.8) is 0 Å². The molecule has 0 saturated carbocycles. The zero-order chi connectivity index (χ0) is 14.8. The van der Waals surface area contributed by atoms with E-state index in [0.717, 1.165) is 49.4 Å². The molecule has 4 heteroatoms. The highest BCUT2D eigenvalue weighted by Gasteiger charge is 2.21. The average Bonchev–Trinajstić information content (AvgIpc) is 2.44. The number of rotatable bonds is 10. The van der Waals surface area contributed by atoms with Crippen molar-refractivity contribution >= 4 is 15.9 Å². The van der Waals surface area contributed by atoms with E-state index in [9.17, 15) is 0 Å². The van der Waals surface area contributed by atoms with Gasteiger partial charge in [-0.2, -0.15) is 0 Å². The van der Waals surface area contributed by atoms with Crippen LogP contribution < -0.4 is 10.1 Å². The predicted molar refractivity (Wildman–Crippen MR) is 87.4 cm³/mol. The van der Waals surface area contributed by atoms with Gasteiger partial charge in [0.05, 0.1) is 13.2 Å². The molecular formula is C16H26BrNO2. The van der Waals surface area contributed by atoms with Gasteiger partial charge in [0.25, 0.3) is 0 Å². The van der Waals surface area contributed by atoms with Gasteiger partial charge in [0, 0.05) is 24.7 Å². The number of hydrogen-bond acceptors (Lipinski definition) is 3. The molecule has 0 aromatic heterocycles. The van der Waals surface area contributed by atoms with E-state index in [1.54, 1.807) is 7.11 Å². The molecule has 0 saturated heterocycles. The Balaban J connectivity index is 2.32. The number of benzene rings is 1. The maximum absolute atomic E-state index is 5.83. The first-order valence-electron chi connectivity index (χ1n) is 7.17. The molecule has 1 aromatic rings. The van der Waals surface area contributed by atoms with Crippen molar-refractivity contribution in [3.05, 3.63) is 28.7 Å². The molecule has 1 N–H and O–H groups in total. The second-order valence-electron chi connectivity index (χ2n) is 5.39. The fourth-order valence-corrected chi connectivity index (χ4v) is 2.30. The van der Waals surface area contributed by atoms with Crippen molar-refractivity contribution in [1.82, 2.24) is 5.32 Å². The van der Waals surface area contributed by atoms with Crippen molar-refractivity contribution in [2.45, 2.75) is 26.7 Å². The van der Waals surface area contributed by atoms with Gasteiger partial charge in [-0.1, -0.05) is 35.8 Å². The summed E-state index contributed by atoms with van der Waals surface area (Å²) >= 11 is 3.45. The number of hydrogen-bond donors (Lipinski definition) is 1. The van der Waals surface area contributed by atoms with Crippen LogP contribution in [0.3, 0.4) is 0 Å². The third kappa shape index (κ3) is 6.73. The van der Waals surface area contributed by atoms with Crippen molar-refractivity contribution in [1.29, 1.82) is 0 Å². The molecule has 1 aromatic carbocycles. The highest BCUT2D eigenvalue weighted by atomic mass is 79.9. The molecule has 0 aliphatic carbocycles. The van der Waals surface area contributed by atoms with Gasteiger partial charge in [0.1, 0.15) is 5.75 Å². The van der Waals surface area contributed by atoms with Crippen LogP contribution in [0.5, 0.6) is 5.75 Å². The van der Waals surface area contributed by atoms with Gasteiger partial charge in [-0.25, -0.2) is 0 Å². The smallest absolute Gasteiger partial charge is 0.120 e. The monoisotopic (exact) mass is 343 g/mol. The fourth-order valence-electron chi connectivity index (χ4n) is 1.93. The van der Waals surface area contributed by atoms with Crippen LogP contribution >= 0.6 is 15.9 Å². The second kappa shape index (κ2) is 9.37. The SMILES string of the molecule is CCC(C)(CCOc1cccc(Br)c1)CNCCOC. The molecule has 1 unspecified atom stereocenters. The van der Waals surface area contributed by atoms with Crippen LogP contribution in [0.25, 0.3) is 0 Å². The molecule has 0 heterocycles. The van der Waals surface area contributed by atoms with Crippen molar-refractivity contribution in [3.8, 4) is 5.75 Å². The summed E-state index contributed by atoms with van der Waals surface area (Å²) in [6, 6.07) is 7.98. The average molecular weight is 344 g/mol. The Labute approximate surface area is 131 Å². The molecule has 0 amide bonds. The number of halogens is 1. The molecule has 0 bridgehead atoms. The molecule has 0 aliphatic rings. The fraction of sp³-hybridized carbons (Fsp3) is 0.625. The Kier molecular flexibility index (Phi) is 8.19. The number of nitrogens with one attached hydrogen (secondary N) is 1. The topological polar surface area (TPSA) is 30.5 Å². The highest BCUT2D eigenvalue weighted by molar-refractivity contribution is 9.10. The normalized spacial score (nSPS) is 14.0. The molecule has 1 atom stereocenters. The Bertz CT molecular complexity index is 386. The van der Waals surface area contributed by atoms with E-state index in [-0.39, 0.29) is 5.41 Å². The summed E-state index contributed by atoms with van der Waals surface area (Å²) in [6.07, 6.45) is 2.17. The van der Waals surface area contributed by atoms with Crippen molar-refractivity contribution in [2.75, 3.05) is 33.4 Å². The highest BCUT2D eigenvalue weighted by Crippen LogP contribution is 2.25. The lowest BCUT2D eigenvalue weighted by Crippen LogP contribution is -2.34. The largest absolute Gasteiger partial charge is 0.494 e. The molecule has 0 aliphatic heterocycles. The molecule has 114 valence electrons. The molecular weight excluding hydrogens is 318 g/mol. The first-order valence-corrected chi connectivity index (χ1v) is 7.97. The van der Waals surface area contributed by atoms with Crippen LogP contribution in [-0.4, -0.2) is 33.4 Å². The number of ether oxygens (including phenoxy) is 2. The maximum atomic E-state index is 5.83. The van der Waals surface area contributed by atoms with Crippen LogP contribution in [0.15, 0.2) is 28.7 Å². The minimum Gasteiger partial charge on any atom is -0.494 e. The van der Waals surface area contributed by atoms with Crippen LogP contribution in [-0.2, 0) is 4.74 Å². The third-order valence-corrected chi connectivity index (χ3v) is 4.15. The Morgan fingerprint density at radius 3 is 2.75 bits per heavy atom. The van der Waals surface area contributed by atoms with E-state index in [1.165, 1.54) is 0 Å². The van der Waals surface area contributed by atoms with Crippen LogP contribution in [0.2, 0.25) is 0 Å². The van der Waals surface area contributed by atoms with E-state index in [4.69, 9.17) is 9.47 Å². The zero-order valence-electron chi connectivity index (χ0n) is 12.7. The minimum absolute atomic E-state index is 0.264. The lowest BCUT2D eigenvalue weighted by Gasteiger charge is -2.28. The van der Waals surface area contributed by atoms with E-state index < -0.39 is 0 Å². The van der Waals surface area contributed by atoms with Crippen molar-refractivity contribution in [2.24, 2.45) is 5.41 Å². The lowest BCUT2D eigenvalue weighted by atomic mass is 9.84. The quantitative estimate of drug-likeness (QED) is 0.654. The first kappa shape index (κ1) is 17.5. The van der Waals surface area contributed by atoms with E-state index >= 15 is 0 Å². The molecule has 3 nitrogen and oxygen atoms in total. The minimum atomic E-state index is 0.264. The first-order chi connectivity index (χ1) is 9.59. The van der Waals surface area contributed by atoms with Gasteiger partial charge in [0.15, 0.2) is 0 Å². The van der Waals surface area contributed by atoms with Crippen LogP contribution in [0, 0.1) is 5.41 Å². The van der Waals surface area contributed by atoms with Gasteiger partial charge >= 0.3 is 0 Å². The van der Waals surface area contributed by atoms with E-state index in [1.807, 2.05) is 24.3 Å². The van der Waals surface area contributed by atoms with Gasteiger partial charge in [0.2, 0.25) is 0 Å². The van der Waals surface area contributed by atoms with Gasteiger partial charge < -0.3 is 14.8 Å². The summed E-state index contributed by atoms with van der Waals surface area (Å²) in [4.78, 5) is 0. The zero-order valence-corrected chi connectivity index (χ0v) is 14.3. The maximum Gasteiger partial charge on any atom is 0.120 e. The van der Waals surface area contributed by atoms with Gasteiger partial charge in [-0.3, -0.25) is 0 Å². The summed E-state index contributed by atoms with van der Waals surface area (Å²) in [5, 5.41) is 3.45. The Morgan fingerprint density at radius 1 is 1.30 bits per heavy atom. The molecule has 0 fully saturated rings. The van der Waals surface area contributed by atoms with Crippen LogP contribution in [0.1, 0.15) is 26.7 Å². The summed E-state index contributed by atoms with van der Waals surface area (Å²) in [7, 11) is 1.73. The second-order valence-corrected chi connectivity index (χ2v) is 6.31. The predicted octanol–water partition coefficient (Wildman–Crippen LogP) is 3.87. The number of methoxy groups -OCH3 is 1. The standard InChI is InChI=1S/C16H26BrNO2/c1-4-16(2,13-18-9-11-19-3)8-10-20-15-7-5-6-14(17)12-15/h5-7,12,18H,4,8-11,13H2,1-3H3. The third-order valence-electron chi connectivity index (χ3n) is 3.66. The summed E-state index contributed by atoms with van der Waals surface area (Å²) in [5.74, 6) is 0.921. The molecule has 0 radical (unpaired) electrons. The summed E-state index contributed by atoms with van der Waals surface area (Å²) < 4.78 is 11.9. The Morgan fingerprint density at radius 2 is 2.10 bits per heavy atom. The summed E-state index contributed by atoms with van der Waals surface area (Å²) in [5.41, 5.74) is 0.264. The van der Waals surface area contributed by atoms with Gasteiger partial charge in [-0.15, -0.1) is 0 Å². The molecule has 1 rings (SSSR count).